The second-order valence-electron chi connectivity index (χ2n) is 10.2. The van der Waals surface area contributed by atoms with E-state index in [9.17, 15) is 4.79 Å². The van der Waals surface area contributed by atoms with Crippen LogP contribution in [-0.2, 0) is 6.54 Å². The van der Waals surface area contributed by atoms with Crippen molar-refractivity contribution in [2.75, 3.05) is 30.4 Å². The molecule has 7 rings (SSSR count). The normalized spacial score (nSPS) is 18.5. The van der Waals surface area contributed by atoms with Crippen molar-refractivity contribution in [3.8, 4) is 17.2 Å². The van der Waals surface area contributed by atoms with Crippen LogP contribution < -0.4 is 15.8 Å². The molecule has 2 unspecified atom stereocenters. The summed E-state index contributed by atoms with van der Waals surface area (Å²) in [5, 5.41) is 3.69. The number of rotatable bonds is 7. The summed E-state index contributed by atoms with van der Waals surface area (Å²) in [7, 11) is 2.21. The predicted molar refractivity (Wildman–Crippen MR) is 154 cm³/mol. The SMILES string of the molecule is C=CCn1c(=O)c2cnc(Nc3ccc(N4CC5CC4CN5C)cc3)nc2n1-c1cccc(-c2cnccn2)n1. The third-order valence-electron chi connectivity index (χ3n) is 7.72. The third kappa shape index (κ3) is 4.11. The summed E-state index contributed by atoms with van der Waals surface area (Å²) in [4.78, 5) is 40.7. The number of anilines is 3. The number of hydrogen-bond donors (Lipinski definition) is 1. The van der Waals surface area contributed by atoms with E-state index in [1.54, 1.807) is 40.2 Å². The number of benzene rings is 1. The molecule has 2 aliphatic heterocycles. The van der Waals surface area contributed by atoms with E-state index in [2.05, 4.69) is 55.8 Å². The van der Waals surface area contributed by atoms with E-state index in [1.165, 1.54) is 12.1 Å². The van der Waals surface area contributed by atoms with Crippen molar-refractivity contribution in [2.45, 2.75) is 25.0 Å². The lowest BCUT2D eigenvalue weighted by molar-refractivity contribution is 0.292. The summed E-state index contributed by atoms with van der Waals surface area (Å²) in [5.74, 6) is 0.911. The molecule has 5 aromatic rings. The molecule has 2 atom stereocenters. The van der Waals surface area contributed by atoms with Crippen molar-refractivity contribution in [1.82, 2.24) is 39.2 Å². The van der Waals surface area contributed by atoms with Gasteiger partial charge in [0.1, 0.15) is 11.1 Å². The molecule has 2 fully saturated rings. The van der Waals surface area contributed by atoms with E-state index in [4.69, 9.17) is 9.97 Å². The summed E-state index contributed by atoms with van der Waals surface area (Å²) in [5.41, 5.74) is 3.59. The van der Waals surface area contributed by atoms with Crippen molar-refractivity contribution >= 4 is 28.4 Å². The van der Waals surface area contributed by atoms with Crippen LogP contribution in [0.15, 0.2) is 84.7 Å². The van der Waals surface area contributed by atoms with Gasteiger partial charge in [0.25, 0.3) is 5.56 Å². The number of allylic oxidation sites excluding steroid dienone is 1. The molecule has 0 spiro atoms. The average molecular weight is 533 g/mol. The number of nitrogens with one attached hydrogen (secondary N) is 1. The summed E-state index contributed by atoms with van der Waals surface area (Å²) >= 11 is 0. The van der Waals surface area contributed by atoms with Crippen LogP contribution in [0.4, 0.5) is 17.3 Å². The number of piperazine rings is 1. The number of likely N-dealkylation sites (N-methyl/N-ethyl adjacent to an activating group) is 1. The molecule has 1 aromatic carbocycles. The Bertz CT molecular complexity index is 1760. The molecular formula is C29H28N10O. The van der Waals surface area contributed by atoms with Gasteiger partial charge in [-0.05, 0) is 49.9 Å². The van der Waals surface area contributed by atoms with Gasteiger partial charge < -0.3 is 10.2 Å². The molecule has 2 aliphatic rings. The zero-order valence-corrected chi connectivity index (χ0v) is 22.1. The summed E-state index contributed by atoms with van der Waals surface area (Å²) in [6.07, 6.45) is 9.34. The van der Waals surface area contributed by atoms with E-state index in [0.717, 1.165) is 18.8 Å². The Kier molecular flexibility index (Phi) is 5.85. The maximum absolute atomic E-state index is 13.3. The number of nitrogens with zero attached hydrogens (tertiary/aromatic N) is 9. The summed E-state index contributed by atoms with van der Waals surface area (Å²) in [6.45, 7) is 6.29. The summed E-state index contributed by atoms with van der Waals surface area (Å²) < 4.78 is 3.25. The molecule has 2 bridgehead atoms. The second-order valence-corrected chi connectivity index (χ2v) is 10.2. The first-order valence-corrected chi connectivity index (χ1v) is 13.3. The Labute approximate surface area is 230 Å². The van der Waals surface area contributed by atoms with Crippen LogP contribution in [0.1, 0.15) is 6.42 Å². The third-order valence-corrected chi connectivity index (χ3v) is 7.72. The lowest BCUT2D eigenvalue weighted by atomic mass is 10.2. The Hall–Kier alpha value is -4.90. The second kappa shape index (κ2) is 9.69. The van der Waals surface area contributed by atoms with Crippen molar-refractivity contribution in [3.05, 3.63) is 90.3 Å². The van der Waals surface area contributed by atoms with E-state index in [-0.39, 0.29) is 12.1 Å². The van der Waals surface area contributed by atoms with Gasteiger partial charge in [-0.3, -0.25) is 19.7 Å². The fourth-order valence-corrected chi connectivity index (χ4v) is 5.77. The molecule has 0 amide bonds. The Morgan fingerprint density at radius 2 is 1.88 bits per heavy atom. The largest absolute Gasteiger partial charge is 0.366 e. The zero-order chi connectivity index (χ0) is 27.2. The van der Waals surface area contributed by atoms with Crippen LogP contribution in [0, 0.1) is 0 Å². The van der Waals surface area contributed by atoms with Gasteiger partial charge in [0.05, 0.1) is 18.4 Å². The Balaban J connectivity index is 1.23. The molecule has 40 heavy (non-hydrogen) atoms. The first kappa shape index (κ1) is 24.2. The maximum Gasteiger partial charge on any atom is 0.278 e. The van der Waals surface area contributed by atoms with Gasteiger partial charge >= 0.3 is 0 Å². The van der Waals surface area contributed by atoms with Crippen LogP contribution in [0.25, 0.3) is 28.2 Å². The van der Waals surface area contributed by atoms with Crippen LogP contribution in [0.5, 0.6) is 0 Å². The minimum atomic E-state index is -0.219. The molecule has 0 saturated carbocycles. The molecule has 0 aliphatic carbocycles. The number of hydrogen-bond acceptors (Lipinski definition) is 9. The smallest absolute Gasteiger partial charge is 0.278 e. The molecule has 6 heterocycles. The van der Waals surface area contributed by atoms with Crippen LogP contribution in [-0.4, -0.2) is 71.4 Å². The highest BCUT2D eigenvalue weighted by Crippen LogP contribution is 2.34. The van der Waals surface area contributed by atoms with Gasteiger partial charge in [-0.25, -0.2) is 19.3 Å². The number of fused-ring (bicyclic) bond motifs is 3. The van der Waals surface area contributed by atoms with E-state index >= 15 is 0 Å². The van der Waals surface area contributed by atoms with Crippen LogP contribution >= 0.6 is 0 Å². The Morgan fingerprint density at radius 3 is 2.60 bits per heavy atom. The maximum atomic E-state index is 13.3. The van der Waals surface area contributed by atoms with Crippen molar-refractivity contribution in [3.63, 3.8) is 0 Å². The van der Waals surface area contributed by atoms with Gasteiger partial charge in [-0.1, -0.05) is 12.1 Å². The Morgan fingerprint density at radius 1 is 1.00 bits per heavy atom. The van der Waals surface area contributed by atoms with Crippen LogP contribution in [0.3, 0.4) is 0 Å². The lowest BCUT2D eigenvalue weighted by Gasteiger charge is -2.33. The average Bonchev–Trinajstić information content (AvgIpc) is 3.65. The first-order chi connectivity index (χ1) is 19.6. The highest BCUT2D eigenvalue weighted by Gasteiger charge is 2.41. The standard InChI is InChI=1S/C29H28N10O/c1-3-13-38-28(40)23-15-32-29(33-19-7-9-20(10-8-19)37-18-21-14-22(37)17-36(21)2)35-27(23)39(38)26-6-4-5-24(34-26)25-16-30-11-12-31-25/h3-12,15-16,21-22H,1,13-14,17-18H2,2H3,(H,32,33,35). The lowest BCUT2D eigenvalue weighted by Crippen LogP contribution is -2.44. The van der Waals surface area contributed by atoms with E-state index < -0.39 is 0 Å². The van der Waals surface area contributed by atoms with Gasteiger partial charge in [-0.15, -0.1) is 6.58 Å². The number of likely N-dealkylation sites (tertiary alicyclic amines) is 1. The van der Waals surface area contributed by atoms with Crippen molar-refractivity contribution in [2.24, 2.45) is 0 Å². The predicted octanol–water partition coefficient (Wildman–Crippen LogP) is 3.26. The highest BCUT2D eigenvalue weighted by molar-refractivity contribution is 5.77. The molecule has 0 radical (unpaired) electrons. The van der Waals surface area contributed by atoms with E-state index in [0.29, 0.717) is 46.3 Å². The number of aromatic nitrogens is 7. The molecule has 200 valence electrons. The molecule has 4 aromatic heterocycles. The minimum absolute atomic E-state index is 0.219. The van der Waals surface area contributed by atoms with Gasteiger partial charge in [0.15, 0.2) is 11.5 Å². The molecule has 2 saturated heterocycles. The fraction of sp³-hybridized carbons (Fsp3) is 0.241. The van der Waals surface area contributed by atoms with Gasteiger partial charge in [0, 0.05) is 55.1 Å². The van der Waals surface area contributed by atoms with Gasteiger partial charge in [-0.2, -0.15) is 4.98 Å². The topological polar surface area (TPSA) is 110 Å². The van der Waals surface area contributed by atoms with Crippen molar-refractivity contribution < 1.29 is 0 Å². The van der Waals surface area contributed by atoms with E-state index in [1.807, 2.05) is 30.3 Å². The first-order valence-electron chi connectivity index (χ1n) is 13.3. The van der Waals surface area contributed by atoms with Gasteiger partial charge in [0.2, 0.25) is 5.95 Å². The minimum Gasteiger partial charge on any atom is -0.366 e. The molecular weight excluding hydrogens is 504 g/mol. The quantitative estimate of drug-likeness (QED) is 0.316. The molecule has 1 N–H and O–H groups in total. The fourth-order valence-electron chi connectivity index (χ4n) is 5.77. The monoisotopic (exact) mass is 532 g/mol. The van der Waals surface area contributed by atoms with Crippen LogP contribution in [0.2, 0.25) is 0 Å². The van der Waals surface area contributed by atoms with Crippen molar-refractivity contribution in [1.29, 1.82) is 0 Å². The summed E-state index contributed by atoms with van der Waals surface area (Å²) in [6, 6.07) is 15.1. The molecule has 11 heteroatoms. The highest BCUT2D eigenvalue weighted by atomic mass is 16.1. The zero-order valence-electron chi connectivity index (χ0n) is 22.1. The molecule has 11 nitrogen and oxygen atoms in total. The number of pyridine rings is 1.